The highest BCUT2D eigenvalue weighted by atomic mass is 35.5. The molecule has 0 saturated carbocycles. The number of rotatable bonds is 6. The van der Waals surface area contributed by atoms with E-state index in [1.807, 2.05) is 6.07 Å². The van der Waals surface area contributed by atoms with Crippen LogP contribution >= 0.6 is 23.2 Å². The standard InChI is InChI=1S/C15H13Cl2N5O2/c16-10-4-5-12(17)14(7-10)24-9-11(23)8-22-15(19-20-21-22)13-3-1-2-6-18-13/h1-7,11,23H,8-9H2. The van der Waals surface area contributed by atoms with E-state index in [1.54, 1.807) is 36.5 Å². The zero-order valence-electron chi connectivity index (χ0n) is 12.4. The second kappa shape index (κ2) is 7.57. The maximum Gasteiger partial charge on any atom is 0.200 e. The molecule has 1 aromatic carbocycles. The Hall–Kier alpha value is -2.22. The minimum atomic E-state index is -0.842. The topological polar surface area (TPSA) is 86.0 Å². The number of ether oxygens (including phenoxy) is 1. The Morgan fingerprint density at radius 1 is 1.21 bits per heavy atom. The molecule has 0 bridgehead atoms. The van der Waals surface area contributed by atoms with Crippen LogP contribution in [-0.4, -0.2) is 43.0 Å². The van der Waals surface area contributed by atoms with Gasteiger partial charge in [0.25, 0.3) is 0 Å². The molecule has 9 heteroatoms. The quantitative estimate of drug-likeness (QED) is 0.721. The lowest BCUT2D eigenvalue weighted by Crippen LogP contribution is -2.25. The first-order valence-corrected chi connectivity index (χ1v) is 7.82. The number of tetrazole rings is 1. The Balaban J connectivity index is 1.65. The summed E-state index contributed by atoms with van der Waals surface area (Å²) in [5, 5.41) is 22.5. The summed E-state index contributed by atoms with van der Waals surface area (Å²) < 4.78 is 6.98. The van der Waals surface area contributed by atoms with Crippen molar-refractivity contribution in [2.45, 2.75) is 12.6 Å². The summed E-state index contributed by atoms with van der Waals surface area (Å²) in [6.07, 6.45) is 0.806. The van der Waals surface area contributed by atoms with Crippen molar-refractivity contribution in [3.8, 4) is 17.3 Å². The van der Waals surface area contributed by atoms with Gasteiger partial charge in [0, 0.05) is 17.3 Å². The van der Waals surface area contributed by atoms with Gasteiger partial charge in [0.15, 0.2) is 0 Å². The fourth-order valence-electron chi connectivity index (χ4n) is 2.03. The highest BCUT2D eigenvalue weighted by Gasteiger charge is 2.15. The molecule has 1 N–H and O–H groups in total. The van der Waals surface area contributed by atoms with Crippen molar-refractivity contribution >= 4 is 23.2 Å². The Morgan fingerprint density at radius 2 is 2.08 bits per heavy atom. The van der Waals surface area contributed by atoms with Crippen molar-refractivity contribution in [1.82, 2.24) is 25.2 Å². The van der Waals surface area contributed by atoms with Crippen molar-refractivity contribution in [3.05, 3.63) is 52.6 Å². The Bertz CT molecular complexity index is 813. The normalized spacial score (nSPS) is 12.1. The van der Waals surface area contributed by atoms with Gasteiger partial charge in [-0.1, -0.05) is 29.3 Å². The molecule has 3 rings (SSSR count). The van der Waals surface area contributed by atoms with Crippen molar-refractivity contribution in [1.29, 1.82) is 0 Å². The Labute approximate surface area is 147 Å². The summed E-state index contributed by atoms with van der Waals surface area (Å²) in [4.78, 5) is 4.20. The van der Waals surface area contributed by atoms with Crippen LogP contribution in [-0.2, 0) is 6.54 Å². The molecule has 0 aliphatic carbocycles. The lowest BCUT2D eigenvalue weighted by atomic mass is 10.3. The summed E-state index contributed by atoms with van der Waals surface area (Å²) >= 11 is 11.9. The Morgan fingerprint density at radius 3 is 2.88 bits per heavy atom. The number of hydrogen-bond acceptors (Lipinski definition) is 6. The molecule has 0 aliphatic rings. The summed E-state index contributed by atoms with van der Waals surface area (Å²) in [6.45, 7) is 0.165. The van der Waals surface area contributed by atoms with E-state index < -0.39 is 6.10 Å². The number of pyridine rings is 1. The van der Waals surface area contributed by atoms with Crippen LogP contribution in [0.3, 0.4) is 0 Å². The highest BCUT2D eigenvalue weighted by Crippen LogP contribution is 2.27. The third-order valence-electron chi connectivity index (χ3n) is 3.13. The van der Waals surface area contributed by atoms with Crippen molar-refractivity contribution in [2.24, 2.45) is 0 Å². The van der Waals surface area contributed by atoms with Crippen LogP contribution in [0.25, 0.3) is 11.5 Å². The molecular formula is C15H13Cl2N5O2. The van der Waals surface area contributed by atoms with Gasteiger partial charge >= 0.3 is 0 Å². The molecule has 0 amide bonds. The van der Waals surface area contributed by atoms with Crippen LogP contribution in [0.15, 0.2) is 42.6 Å². The number of halogens is 2. The van der Waals surface area contributed by atoms with Gasteiger partial charge in [-0.15, -0.1) is 5.10 Å². The summed E-state index contributed by atoms with van der Waals surface area (Å²) in [6, 6.07) is 10.3. The molecule has 1 unspecified atom stereocenters. The van der Waals surface area contributed by atoms with E-state index in [4.69, 9.17) is 27.9 Å². The number of benzene rings is 1. The Kier molecular flexibility index (Phi) is 5.24. The number of aliphatic hydroxyl groups excluding tert-OH is 1. The van der Waals surface area contributed by atoms with E-state index in [0.717, 1.165) is 0 Å². The van der Waals surface area contributed by atoms with Crippen LogP contribution in [0.1, 0.15) is 0 Å². The van der Waals surface area contributed by atoms with Gasteiger partial charge < -0.3 is 9.84 Å². The molecule has 0 fully saturated rings. The zero-order chi connectivity index (χ0) is 16.9. The largest absolute Gasteiger partial charge is 0.489 e. The monoisotopic (exact) mass is 365 g/mol. The van der Waals surface area contributed by atoms with E-state index in [0.29, 0.717) is 27.3 Å². The third-order valence-corrected chi connectivity index (χ3v) is 3.68. The number of hydrogen-bond donors (Lipinski definition) is 1. The summed E-state index contributed by atoms with van der Waals surface area (Å²) in [5.74, 6) is 0.875. The first-order chi connectivity index (χ1) is 11.6. The molecule has 0 radical (unpaired) electrons. The minimum Gasteiger partial charge on any atom is -0.489 e. The average Bonchev–Trinajstić information content (AvgIpc) is 3.04. The maximum atomic E-state index is 10.2. The van der Waals surface area contributed by atoms with Gasteiger partial charge in [-0.3, -0.25) is 4.98 Å². The zero-order valence-corrected chi connectivity index (χ0v) is 13.9. The van der Waals surface area contributed by atoms with Gasteiger partial charge in [-0.25, -0.2) is 4.68 Å². The van der Waals surface area contributed by atoms with Gasteiger partial charge in [0.1, 0.15) is 24.2 Å². The van der Waals surface area contributed by atoms with Gasteiger partial charge in [-0.2, -0.15) is 0 Å². The third kappa shape index (κ3) is 4.00. The van der Waals surface area contributed by atoms with Crippen LogP contribution in [0, 0.1) is 0 Å². The van der Waals surface area contributed by atoms with E-state index in [2.05, 4.69) is 20.5 Å². The molecule has 7 nitrogen and oxygen atoms in total. The predicted octanol–water partition coefficient (Wildman–Crippen LogP) is 2.48. The van der Waals surface area contributed by atoms with Crippen LogP contribution in [0.5, 0.6) is 5.75 Å². The fraction of sp³-hybridized carbons (Fsp3) is 0.200. The second-order valence-corrected chi connectivity index (χ2v) is 5.78. The van der Waals surface area contributed by atoms with Crippen molar-refractivity contribution in [2.75, 3.05) is 6.61 Å². The highest BCUT2D eigenvalue weighted by molar-refractivity contribution is 6.34. The van der Waals surface area contributed by atoms with E-state index in [-0.39, 0.29) is 13.2 Å². The molecule has 2 heterocycles. The molecule has 0 saturated heterocycles. The molecule has 3 aromatic rings. The molecule has 0 aliphatic heterocycles. The predicted molar refractivity (Wildman–Crippen MR) is 89.0 cm³/mol. The first kappa shape index (κ1) is 16.6. The number of aliphatic hydroxyl groups is 1. The molecule has 0 spiro atoms. The maximum absolute atomic E-state index is 10.2. The van der Waals surface area contributed by atoms with E-state index >= 15 is 0 Å². The van der Waals surface area contributed by atoms with Gasteiger partial charge in [0.05, 0.1) is 11.6 Å². The minimum absolute atomic E-state index is 0.0155. The van der Waals surface area contributed by atoms with Crippen LogP contribution in [0.2, 0.25) is 10.0 Å². The lowest BCUT2D eigenvalue weighted by molar-refractivity contribution is 0.0893. The van der Waals surface area contributed by atoms with Crippen molar-refractivity contribution < 1.29 is 9.84 Å². The second-order valence-electron chi connectivity index (χ2n) is 4.94. The smallest absolute Gasteiger partial charge is 0.200 e. The SMILES string of the molecule is OC(COc1cc(Cl)ccc1Cl)Cn1nnnc1-c1ccccn1. The number of nitrogens with zero attached hydrogens (tertiary/aromatic N) is 5. The van der Waals surface area contributed by atoms with Gasteiger partial charge in [0.2, 0.25) is 5.82 Å². The first-order valence-electron chi connectivity index (χ1n) is 7.07. The van der Waals surface area contributed by atoms with Crippen molar-refractivity contribution in [3.63, 3.8) is 0 Å². The fourth-order valence-corrected chi connectivity index (χ4v) is 2.37. The molecule has 1 atom stereocenters. The number of aromatic nitrogens is 5. The summed E-state index contributed by atoms with van der Waals surface area (Å²) in [7, 11) is 0. The molecule has 2 aromatic heterocycles. The lowest BCUT2D eigenvalue weighted by Gasteiger charge is -2.14. The van der Waals surface area contributed by atoms with E-state index in [1.165, 1.54) is 4.68 Å². The molecule has 124 valence electrons. The summed E-state index contributed by atoms with van der Waals surface area (Å²) in [5.41, 5.74) is 0.619. The van der Waals surface area contributed by atoms with Crippen LogP contribution in [0.4, 0.5) is 0 Å². The van der Waals surface area contributed by atoms with E-state index in [9.17, 15) is 5.11 Å². The molecular weight excluding hydrogens is 353 g/mol. The average molecular weight is 366 g/mol. The molecule has 24 heavy (non-hydrogen) atoms. The van der Waals surface area contributed by atoms with Crippen LogP contribution < -0.4 is 4.74 Å². The van der Waals surface area contributed by atoms with Gasteiger partial charge in [-0.05, 0) is 34.7 Å².